The normalized spacial score (nSPS) is 14.3. The highest BCUT2D eigenvalue weighted by Crippen LogP contribution is 2.40. The van der Waals surface area contributed by atoms with Gasteiger partial charge in [-0.15, -0.1) is 6.58 Å². The minimum absolute atomic E-state index is 0.383. The highest BCUT2D eigenvalue weighted by Gasteiger charge is 2.19. The monoisotopic (exact) mass is 238 g/mol. The minimum Gasteiger partial charge on any atom is -0.341 e. The number of hydrogen-bond acceptors (Lipinski definition) is 1. The van der Waals surface area contributed by atoms with Crippen molar-refractivity contribution in [1.82, 2.24) is 0 Å². The van der Waals surface area contributed by atoms with Gasteiger partial charge in [0, 0.05) is 11.5 Å². The van der Waals surface area contributed by atoms with Crippen LogP contribution in [0.1, 0.15) is 25.7 Å². The second-order valence-corrected chi connectivity index (χ2v) is 6.27. The lowest BCUT2D eigenvalue weighted by molar-refractivity contribution is 0.486. The maximum absolute atomic E-state index is 12.0. The van der Waals surface area contributed by atoms with Crippen LogP contribution >= 0.6 is 7.37 Å². The van der Waals surface area contributed by atoms with Gasteiger partial charge in [-0.2, -0.15) is 0 Å². The van der Waals surface area contributed by atoms with Crippen LogP contribution in [-0.2, 0) is 4.57 Å². The lowest BCUT2D eigenvalue weighted by Crippen LogP contribution is -2.06. The number of unbranched alkanes of at least 4 members (excludes halogenated alkanes) is 3. The summed E-state index contributed by atoms with van der Waals surface area (Å²) >= 11 is 0. The van der Waals surface area contributed by atoms with Gasteiger partial charge in [-0.3, -0.25) is 4.57 Å². The molecule has 2 nitrogen and oxygen atoms in total. The molecule has 0 saturated heterocycles. The number of rotatable bonds is 7. The van der Waals surface area contributed by atoms with Crippen LogP contribution in [0.4, 0.5) is 0 Å². The molecule has 0 heterocycles. The molecule has 1 atom stereocenters. The summed E-state index contributed by atoms with van der Waals surface area (Å²) in [6.45, 7) is 3.65. The molecule has 0 saturated carbocycles. The smallest absolute Gasteiger partial charge is 0.229 e. The summed E-state index contributed by atoms with van der Waals surface area (Å²) < 4.78 is 12.0. The lowest BCUT2D eigenvalue weighted by Gasteiger charge is -2.11. The first-order chi connectivity index (χ1) is 7.67. The third kappa shape index (κ3) is 4.34. The van der Waals surface area contributed by atoms with Crippen molar-refractivity contribution in [3.63, 3.8) is 0 Å². The van der Waals surface area contributed by atoms with E-state index in [1.807, 2.05) is 12.1 Å². The van der Waals surface area contributed by atoms with Crippen molar-refractivity contribution in [3.05, 3.63) is 43.0 Å². The molecule has 88 valence electrons. The quantitative estimate of drug-likeness (QED) is 0.449. The van der Waals surface area contributed by atoms with Gasteiger partial charge in [0.05, 0.1) is 0 Å². The average Bonchev–Trinajstić information content (AvgIpc) is 2.30. The van der Waals surface area contributed by atoms with Crippen molar-refractivity contribution in [3.8, 4) is 0 Å². The van der Waals surface area contributed by atoms with E-state index in [1.165, 1.54) is 0 Å². The van der Waals surface area contributed by atoms with Gasteiger partial charge in [0.1, 0.15) is 0 Å². The third-order valence-electron chi connectivity index (χ3n) is 2.53. The van der Waals surface area contributed by atoms with E-state index in [9.17, 15) is 9.46 Å². The molecule has 1 aromatic carbocycles. The highest BCUT2D eigenvalue weighted by molar-refractivity contribution is 7.66. The Labute approximate surface area is 97.5 Å². The van der Waals surface area contributed by atoms with Crippen molar-refractivity contribution < 1.29 is 9.46 Å². The van der Waals surface area contributed by atoms with Crippen molar-refractivity contribution in [2.24, 2.45) is 0 Å². The molecule has 0 radical (unpaired) electrons. The van der Waals surface area contributed by atoms with E-state index in [1.54, 1.807) is 24.3 Å². The van der Waals surface area contributed by atoms with Crippen LogP contribution in [-0.4, -0.2) is 11.1 Å². The van der Waals surface area contributed by atoms with Crippen molar-refractivity contribution >= 4 is 12.7 Å². The summed E-state index contributed by atoms with van der Waals surface area (Å²) in [5.74, 6) is 0. The molecule has 0 fully saturated rings. The first-order valence-corrected chi connectivity index (χ1v) is 7.49. The largest absolute Gasteiger partial charge is 0.341 e. The Morgan fingerprint density at radius 3 is 2.50 bits per heavy atom. The van der Waals surface area contributed by atoms with Crippen molar-refractivity contribution in [2.45, 2.75) is 25.7 Å². The van der Waals surface area contributed by atoms with E-state index < -0.39 is 7.37 Å². The molecule has 1 N–H and O–H groups in total. The fraction of sp³-hybridized carbons (Fsp3) is 0.385. The molecule has 0 bridgehead atoms. The van der Waals surface area contributed by atoms with Gasteiger partial charge in [0.15, 0.2) is 0 Å². The molecular formula is C13H19O2P. The van der Waals surface area contributed by atoms with E-state index >= 15 is 0 Å². The van der Waals surface area contributed by atoms with Gasteiger partial charge in [-0.25, -0.2) is 0 Å². The molecule has 0 aromatic heterocycles. The second kappa shape index (κ2) is 6.67. The van der Waals surface area contributed by atoms with Crippen LogP contribution in [0.2, 0.25) is 0 Å². The van der Waals surface area contributed by atoms with E-state index in [0.717, 1.165) is 25.7 Å². The van der Waals surface area contributed by atoms with Crippen LogP contribution in [0.15, 0.2) is 43.0 Å². The zero-order valence-corrected chi connectivity index (χ0v) is 10.4. The third-order valence-corrected chi connectivity index (χ3v) is 4.56. The Hall–Kier alpha value is -0.850. The number of allylic oxidation sites excluding steroid dienone is 1. The predicted octanol–water partition coefficient (Wildman–Crippen LogP) is 3.33. The fourth-order valence-electron chi connectivity index (χ4n) is 1.58. The minimum atomic E-state index is -3.12. The fourth-order valence-corrected chi connectivity index (χ4v) is 3.13. The van der Waals surface area contributed by atoms with Gasteiger partial charge in [-0.05, 0) is 31.4 Å². The summed E-state index contributed by atoms with van der Waals surface area (Å²) in [4.78, 5) is 9.88. The summed E-state index contributed by atoms with van der Waals surface area (Å²) in [5, 5.41) is 0.568. The Kier molecular flexibility index (Phi) is 5.51. The molecule has 0 spiro atoms. The standard InChI is InChI=1S/C13H19O2P/c1-2-3-4-5-9-12-16(14,15)13-10-7-6-8-11-13/h2,6-8,10-11H,1,3-5,9,12H2,(H,14,15). The molecule has 0 aliphatic rings. The Bertz CT molecular complexity index is 359. The van der Waals surface area contributed by atoms with Crippen LogP contribution in [0.3, 0.4) is 0 Å². The van der Waals surface area contributed by atoms with Gasteiger partial charge in [0.25, 0.3) is 0 Å². The lowest BCUT2D eigenvalue weighted by atomic mass is 10.2. The van der Waals surface area contributed by atoms with E-state index in [4.69, 9.17) is 0 Å². The zero-order chi connectivity index (χ0) is 11.9. The molecule has 1 unspecified atom stereocenters. The molecule has 0 aliphatic heterocycles. The predicted molar refractivity (Wildman–Crippen MR) is 69.4 cm³/mol. The van der Waals surface area contributed by atoms with Crippen molar-refractivity contribution in [1.29, 1.82) is 0 Å². The van der Waals surface area contributed by atoms with Gasteiger partial charge < -0.3 is 4.89 Å². The molecule has 3 heteroatoms. The molecule has 0 amide bonds. The average molecular weight is 238 g/mol. The van der Waals surface area contributed by atoms with Crippen LogP contribution in [0, 0.1) is 0 Å². The molecule has 16 heavy (non-hydrogen) atoms. The SMILES string of the molecule is C=CCCCCCP(=O)(O)c1ccccc1. The van der Waals surface area contributed by atoms with Crippen LogP contribution in [0.5, 0.6) is 0 Å². The Morgan fingerprint density at radius 1 is 1.19 bits per heavy atom. The Morgan fingerprint density at radius 2 is 1.88 bits per heavy atom. The van der Waals surface area contributed by atoms with Crippen LogP contribution < -0.4 is 5.30 Å². The summed E-state index contributed by atoms with van der Waals surface area (Å²) in [5.41, 5.74) is 0. The highest BCUT2D eigenvalue weighted by atomic mass is 31.2. The van der Waals surface area contributed by atoms with Crippen LogP contribution in [0.25, 0.3) is 0 Å². The first kappa shape index (κ1) is 13.2. The Balaban J connectivity index is 2.41. The van der Waals surface area contributed by atoms with E-state index in [2.05, 4.69) is 6.58 Å². The first-order valence-electron chi connectivity index (χ1n) is 5.65. The zero-order valence-electron chi connectivity index (χ0n) is 9.51. The van der Waals surface area contributed by atoms with Gasteiger partial charge in [0.2, 0.25) is 7.37 Å². The summed E-state index contributed by atoms with van der Waals surface area (Å²) in [7, 11) is -3.12. The van der Waals surface area contributed by atoms with Gasteiger partial charge >= 0.3 is 0 Å². The molecule has 1 rings (SSSR count). The number of hydrogen-bond donors (Lipinski definition) is 1. The maximum Gasteiger partial charge on any atom is 0.229 e. The van der Waals surface area contributed by atoms with E-state index in [-0.39, 0.29) is 0 Å². The maximum atomic E-state index is 12.0. The van der Waals surface area contributed by atoms with Gasteiger partial charge in [-0.1, -0.05) is 30.7 Å². The van der Waals surface area contributed by atoms with Crippen molar-refractivity contribution in [2.75, 3.05) is 6.16 Å². The molecule has 1 aromatic rings. The second-order valence-electron chi connectivity index (χ2n) is 3.90. The van der Waals surface area contributed by atoms with E-state index in [0.29, 0.717) is 11.5 Å². The summed E-state index contributed by atoms with van der Waals surface area (Å²) in [6.07, 6.45) is 6.10. The molecule has 0 aliphatic carbocycles. The topological polar surface area (TPSA) is 37.3 Å². The summed E-state index contributed by atoms with van der Waals surface area (Å²) in [6, 6.07) is 8.91. The molecular weight excluding hydrogens is 219 g/mol. The number of benzene rings is 1.